The molecule has 5 nitrogen and oxygen atoms in total. The standard InChI is InChI=1S/C22H21F5IN2O3/c1-3-5-16(12-31)29-11-15(4-2)28-19-7-6-18(33-22(26)27)20(30-19)13-8-14(23)10-17(9-13)32-21(24)25/h4-11,21-22,31H,3,12H2,1-2H3/q-1/b15-4+,16-5+,29-11+. The summed E-state index contributed by atoms with van der Waals surface area (Å²) in [6.07, 6.45) is 5.87. The van der Waals surface area contributed by atoms with Crippen LogP contribution in [0.4, 0.5) is 22.0 Å². The van der Waals surface area contributed by atoms with Crippen LogP contribution in [0.2, 0.25) is 0 Å². The van der Waals surface area contributed by atoms with Crippen molar-refractivity contribution in [2.24, 2.45) is 4.99 Å². The molecule has 0 atom stereocenters. The van der Waals surface area contributed by atoms with Crippen molar-refractivity contribution in [3.05, 3.63) is 61.3 Å². The van der Waals surface area contributed by atoms with Gasteiger partial charge in [0.1, 0.15) is 0 Å². The van der Waals surface area contributed by atoms with E-state index in [0.717, 1.165) is 21.8 Å². The molecule has 1 heterocycles. The second kappa shape index (κ2) is 13.2. The number of nitrogens with zero attached hydrogens (tertiary/aromatic N) is 2. The number of ether oxygens (including phenoxy) is 2. The predicted molar refractivity (Wildman–Crippen MR) is 109 cm³/mol. The Morgan fingerprint density at radius 2 is 1.88 bits per heavy atom. The van der Waals surface area contributed by atoms with Gasteiger partial charge in [-0.25, -0.2) is 0 Å². The molecule has 2 rings (SSSR count). The van der Waals surface area contributed by atoms with Gasteiger partial charge in [0.05, 0.1) is 0 Å². The number of aliphatic hydroxyl groups excluding tert-OH is 1. The average Bonchev–Trinajstić information content (AvgIpc) is 2.75. The SMILES string of the molecule is C\C=C(/C=N/C(=C/CC)CO)[I-]c1ccc(OC(F)F)c(-c2cc(F)cc(OC(F)F)c2)n1. The van der Waals surface area contributed by atoms with Gasteiger partial charge in [-0.3, -0.25) is 0 Å². The number of allylic oxidation sites excluding steroid dienone is 3. The summed E-state index contributed by atoms with van der Waals surface area (Å²) >= 11 is -0.955. The molecule has 2 aromatic rings. The van der Waals surface area contributed by atoms with Gasteiger partial charge >= 0.3 is 198 Å². The first-order valence-corrected chi connectivity index (χ1v) is 11.8. The van der Waals surface area contributed by atoms with E-state index < -0.39 is 46.0 Å². The number of hydrogen-bond donors (Lipinski definition) is 1. The van der Waals surface area contributed by atoms with E-state index in [1.165, 1.54) is 12.1 Å². The van der Waals surface area contributed by atoms with Crippen LogP contribution in [-0.4, -0.2) is 36.1 Å². The third-order valence-corrected chi connectivity index (χ3v) is 6.52. The van der Waals surface area contributed by atoms with Crippen molar-refractivity contribution in [2.75, 3.05) is 6.61 Å². The van der Waals surface area contributed by atoms with Crippen LogP contribution >= 0.6 is 0 Å². The summed E-state index contributed by atoms with van der Waals surface area (Å²) in [7, 11) is 0. The molecule has 0 aliphatic carbocycles. The van der Waals surface area contributed by atoms with Crippen LogP contribution in [0.25, 0.3) is 11.3 Å². The van der Waals surface area contributed by atoms with Gasteiger partial charge in [-0.05, 0) is 0 Å². The Hall–Kier alpha value is -2.54. The van der Waals surface area contributed by atoms with Gasteiger partial charge in [-0.1, -0.05) is 0 Å². The van der Waals surface area contributed by atoms with E-state index in [1.54, 1.807) is 25.3 Å². The van der Waals surface area contributed by atoms with E-state index in [-0.39, 0.29) is 23.6 Å². The monoisotopic (exact) mass is 583 g/mol. The summed E-state index contributed by atoms with van der Waals surface area (Å²) < 4.78 is 75.0. The molecule has 1 aromatic heterocycles. The number of aliphatic hydroxyl groups is 1. The van der Waals surface area contributed by atoms with Gasteiger partial charge in [0.2, 0.25) is 0 Å². The number of benzene rings is 1. The third kappa shape index (κ3) is 8.72. The maximum absolute atomic E-state index is 14.0. The first-order chi connectivity index (χ1) is 15.7. The quantitative estimate of drug-likeness (QED) is 0.191. The van der Waals surface area contributed by atoms with E-state index in [1.807, 2.05) is 6.92 Å². The maximum atomic E-state index is 14.0. The van der Waals surface area contributed by atoms with Gasteiger partial charge in [0.15, 0.2) is 0 Å². The molecule has 0 saturated heterocycles. The van der Waals surface area contributed by atoms with E-state index in [4.69, 9.17) is 0 Å². The second-order valence-corrected chi connectivity index (χ2v) is 9.09. The van der Waals surface area contributed by atoms with Gasteiger partial charge in [-0.2, -0.15) is 0 Å². The number of hydrogen-bond acceptors (Lipinski definition) is 5. The average molecular weight is 583 g/mol. The summed E-state index contributed by atoms with van der Waals surface area (Å²) in [5.41, 5.74) is 0.304. The Balaban J connectivity index is 2.44. The van der Waals surface area contributed by atoms with Crippen LogP contribution < -0.4 is 30.7 Å². The third-order valence-electron chi connectivity index (χ3n) is 3.85. The van der Waals surface area contributed by atoms with Gasteiger partial charge in [0, 0.05) is 0 Å². The normalized spacial score (nSPS) is 12.9. The van der Waals surface area contributed by atoms with Crippen LogP contribution in [0.1, 0.15) is 20.3 Å². The molecule has 0 aliphatic heterocycles. The molecule has 0 unspecified atom stereocenters. The van der Waals surface area contributed by atoms with Crippen molar-refractivity contribution in [1.82, 2.24) is 4.98 Å². The summed E-state index contributed by atoms with van der Waals surface area (Å²) in [6.45, 7) is -2.88. The Morgan fingerprint density at radius 1 is 1.15 bits per heavy atom. The summed E-state index contributed by atoms with van der Waals surface area (Å²) in [5, 5.41) is 9.33. The van der Waals surface area contributed by atoms with Crippen molar-refractivity contribution < 1.29 is 57.7 Å². The zero-order valence-corrected chi connectivity index (χ0v) is 19.8. The molecular formula is C22H21F5IN2O3-. The Labute approximate surface area is 197 Å². The van der Waals surface area contributed by atoms with E-state index in [9.17, 15) is 27.1 Å². The number of pyridine rings is 1. The van der Waals surface area contributed by atoms with Crippen molar-refractivity contribution in [3.8, 4) is 22.8 Å². The molecule has 1 N–H and O–H groups in total. The molecule has 1 aromatic carbocycles. The summed E-state index contributed by atoms with van der Waals surface area (Å²) in [6, 6.07) is 5.54. The van der Waals surface area contributed by atoms with Gasteiger partial charge in [-0.15, -0.1) is 0 Å². The molecular weight excluding hydrogens is 562 g/mol. The van der Waals surface area contributed by atoms with Gasteiger partial charge in [0.25, 0.3) is 0 Å². The zero-order valence-electron chi connectivity index (χ0n) is 17.6. The minimum atomic E-state index is -3.19. The van der Waals surface area contributed by atoms with Crippen molar-refractivity contribution in [2.45, 2.75) is 33.5 Å². The number of halogens is 6. The minimum absolute atomic E-state index is 0.0590. The van der Waals surface area contributed by atoms with Crippen LogP contribution in [0.15, 0.2) is 56.8 Å². The van der Waals surface area contributed by atoms with Crippen LogP contribution in [0.5, 0.6) is 11.5 Å². The molecule has 0 bridgehead atoms. The van der Waals surface area contributed by atoms with Crippen LogP contribution in [0.3, 0.4) is 0 Å². The Bertz CT molecular complexity index is 1030. The molecule has 180 valence electrons. The molecule has 0 spiro atoms. The molecule has 0 radical (unpaired) electrons. The van der Waals surface area contributed by atoms with E-state index in [2.05, 4.69) is 19.5 Å². The Kier molecular flexibility index (Phi) is 10.7. The summed E-state index contributed by atoms with van der Waals surface area (Å²) in [4.78, 5) is 8.59. The molecule has 11 heteroatoms. The first kappa shape index (κ1) is 26.7. The van der Waals surface area contributed by atoms with Crippen molar-refractivity contribution >= 4 is 6.21 Å². The van der Waals surface area contributed by atoms with E-state index in [0.29, 0.717) is 15.8 Å². The molecule has 0 aliphatic rings. The Morgan fingerprint density at radius 3 is 2.48 bits per heavy atom. The molecule has 0 amide bonds. The molecule has 0 saturated carbocycles. The molecule has 0 fully saturated rings. The molecule has 33 heavy (non-hydrogen) atoms. The topological polar surface area (TPSA) is 63.9 Å². The van der Waals surface area contributed by atoms with Crippen molar-refractivity contribution in [1.29, 1.82) is 0 Å². The fourth-order valence-corrected chi connectivity index (χ4v) is 4.50. The van der Waals surface area contributed by atoms with Crippen molar-refractivity contribution in [3.63, 3.8) is 0 Å². The second-order valence-electron chi connectivity index (χ2n) is 6.20. The predicted octanol–water partition coefficient (Wildman–Crippen LogP) is 2.61. The number of aromatic nitrogens is 1. The number of rotatable bonds is 11. The number of aliphatic imine (C=N–C) groups is 1. The fourth-order valence-electron chi connectivity index (χ4n) is 2.55. The van der Waals surface area contributed by atoms with Crippen LogP contribution in [-0.2, 0) is 0 Å². The number of alkyl halides is 4. The first-order valence-electron chi connectivity index (χ1n) is 9.62. The van der Waals surface area contributed by atoms with Crippen LogP contribution in [0, 0.1) is 9.52 Å². The summed E-state index contributed by atoms with van der Waals surface area (Å²) in [5.74, 6) is -1.73. The zero-order chi connectivity index (χ0) is 24.4. The fraction of sp³-hybridized carbons (Fsp3) is 0.273. The van der Waals surface area contributed by atoms with Gasteiger partial charge < -0.3 is 0 Å². The van der Waals surface area contributed by atoms with E-state index >= 15 is 0 Å².